The highest BCUT2D eigenvalue weighted by atomic mass is 19.1. The standard InChI is InChI=1S/C19H18F2N2O2/c1-11(24)23-13-5-2-4-12(8-13)10-22-19(25)15-9-14(15)18-16(20)6-3-7-17(18)21/h2-8,14-15H,9-10H2,1H3,(H,22,25)(H,23,24)/t14-,15-/m0/s1. The predicted molar refractivity (Wildman–Crippen MR) is 89.8 cm³/mol. The van der Waals surface area contributed by atoms with Crippen molar-refractivity contribution in [3.05, 3.63) is 65.2 Å². The van der Waals surface area contributed by atoms with E-state index in [0.717, 1.165) is 5.56 Å². The molecule has 2 amide bonds. The van der Waals surface area contributed by atoms with Gasteiger partial charge < -0.3 is 10.6 Å². The molecule has 6 heteroatoms. The second-order valence-corrected chi connectivity index (χ2v) is 6.18. The van der Waals surface area contributed by atoms with E-state index in [4.69, 9.17) is 0 Å². The van der Waals surface area contributed by atoms with Gasteiger partial charge in [0, 0.05) is 36.6 Å². The normalized spacial score (nSPS) is 18.5. The van der Waals surface area contributed by atoms with Crippen LogP contribution in [0.2, 0.25) is 0 Å². The molecule has 2 aromatic carbocycles. The molecule has 1 fully saturated rings. The minimum Gasteiger partial charge on any atom is -0.352 e. The molecule has 0 spiro atoms. The number of benzene rings is 2. The molecule has 3 rings (SSSR count). The first-order valence-electron chi connectivity index (χ1n) is 8.04. The van der Waals surface area contributed by atoms with Crippen LogP contribution in [0.4, 0.5) is 14.5 Å². The lowest BCUT2D eigenvalue weighted by Crippen LogP contribution is -2.25. The topological polar surface area (TPSA) is 58.2 Å². The molecule has 0 aromatic heterocycles. The highest BCUT2D eigenvalue weighted by molar-refractivity contribution is 5.88. The van der Waals surface area contributed by atoms with E-state index in [2.05, 4.69) is 10.6 Å². The molecule has 0 saturated heterocycles. The molecule has 0 radical (unpaired) electrons. The van der Waals surface area contributed by atoms with E-state index in [1.807, 2.05) is 6.07 Å². The SMILES string of the molecule is CC(=O)Nc1cccc(CNC(=O)[C@H]2C[C@@H]2c2c(F)cccc2F)c1. The zero-order valence-corrected chi connectivity index (χ0v) is 13.7. The lowest BCUT2D eigenvalue weighted by atomic mass is 10.1. The Morgan fingerprint density at radius 3 is 2.48 bits per heavy atom. The van der Waals surface area contributed by atoms with Gasteiger partial charge in [0.25, 0.3) is 0 Å². The highest BCUT2D eigenvalue weighted by Crippen LogP contribution is 2.49. The van der Waals surface area contributed by atoms with Gasteiger partial charge in [-0.05, 0) is 36.2 Å². The van der Waals surface area contributed by atoms with E-state index in [1.54, 1.807) is 18.2 Å². The van der Waals surface area contributed by atoms with Gasteiger partial charge in [-0.3, -0.25) is 9.59 Å². The smallest absolute Gasteiger partial charge is 0.224 e. The van der Waals surface area contributed by atoms with Crippen LogP contribution in [0.3, 0.4) is 0 Å². The summed E-state index contributed by atoms with van der Waals surface area (Å²) in [5.74, 6) is -2.44. The molecular weight excluding hydrogens is 326 g/mol. The van der Waals surface area contributed by atoms with Crippen molar-refractivity contribution in [2.24, 2.45) is 5.92 Å². The van der Waals surface area contributed by atoms with Gasteiger partial charge in [-0.2, -0.15) is 0 Å². The average Bonchev–Trinajstić information content (AvgIpc) is 3.32. The van der Waals surface area contributed by atoms with Gasteiger partial charge in [0.2, 0.25) is 11.8 Å². The third-order valence-corrected chi connectivity index (χ3v) is 4.21. The maximum atomic E-state index is 13.8. The van der Waals surface area contributed by atoms with Crippen molar-refractivity contribution in [1.82, 2.24) is 5.32 Å². The fraction of sp³-hybridized carbons (Fsp3) is 0.263. The maximum absolute atomic E-state index is 13.8. The molecule has 1 saturated carbocycles. The van der Waals surface area contributed by atoms with Crippen LogP contribution < -0.4 is 10.6 Å². The van der Waals surface area contributed by atoms with Crippen LogP contribution in [0, 0.1) is 17.6 Å². The first kappa shape index (κ1) is 17.1. The van der Waals surface area contributed by atoms with Crippen LogP contribution >= 0.6 is 0 Å². The Morgan fingerprint density at radius 2 is 1.80 bits per heavy atom. The largest absolute Gasteiger partial charge is 0.352 e. The summed E-state index contributed by atoms with van der Waals surface area (Å²) in [5.41, 5.74) is 1.47. The Bertz CT molecular complexity index is 803. The molecule has 25 heavy (non-hydrogen) atoms. The Balaban J connectivity index is 1.59. The van der Waals surface area contributed by atoms with Gasteiger partial charge in [-0.15, -0.1) is 0 Å². The number of hydrogen-bond acceptors (Lipinski definition) is 2. The molecule has 0 heterocycles. The lowest BCUT2D eigenvalue weighted by Gasteiger charge is -2.08. The molecule has 0 aliphatic heterocycles. The number of carbonyl (C=O) groups is 2. The van der Waals surface area contributed by atoms with Gasteiger partial charge in [0.15, 0.2) is 0 Å². The number of amides is 2. The fourth-order valence-corrected chi connectivity index (χ4v) is 2.95. The van der Waals surface area contributed by atoms with E-state index in [-0.39, 0.29) is 23.9 Å². The minimum absolute atomic E-state index is 0.00435. The Kier molecular flexibility index (Phi) is 4.79. The number of hydrogen-bond donors (Lipinski definition) is 2. The summed E-state index contributed by atoms with van der Waals surface area (Å²) < 4.78 is 27.5. The summed E-state index contributed by atoms with van der Waals surface area (Å²) in [6.07, 6.45) is 0.440. The number of nitrogens with one attached hydrogen (secondary N) is 2. The summed E-state index contributed by atoms with van der Waals surface area (Å²) in [6.45, 7) is 1.71. The second kappa shape index (κ2) is 7.01. The third-order valence-electron chi connectivity index (χ3n) is 4.21. The van der Waals surface area contributed by atoms with Crippen molar-refractivity contribution in [2.45, 2.75) is 25.8 Å². The molecule has 0 unspecified atom stereocenters. The number of halogens is 2. The summed E-state index contributed by atoms with van der Waals surface area (Å²) in [4.78, 5) is 23.3. The van der Waals surface area contributed by atoms with Gasteiger partial charge in [-0.1, -0.05) is 18.2 Å². The first-order chi connectivity index (χ1) is 12.0. The zero-order chi connectivity index (χ0) is 18.0. The molecule has 2 N–H and O–H groups in total. The van der Waals surface area contributed by atoms with Gasteiger partial charge >= 0.3 is 0 Å². The monoisotopic (exact) mass is 344 g/mol. The van der Waals surface area contributed by atoms with Gasteiger partial charge in [0.1, 0.15) is 11.6 Å². The van der Waals surface area contributed by atoms with E-state index >= 15 is 0 Å². The Labute approximate surface area is 144 Å². The van der Waals surface area contributed by atoms with Crippen molar-refractivity contribution in [2.75, 3.05) is 5.32 Å². The first-order valence-corrected chi connectivity index (χ1v) is 8.04. The van der Waals surface area contributed by atoms with E-state index < -0.39 is 23.5 Å². The highest BCUT2D eigenvalue weighted by Gasteiger charge is 2.46. The second-order valence-electron chi connectivity index (χ2n) is 6.18. The van der Waals surface area contributed by atoms with Crippen LogP contribution in [0.5, 0.6) is 0 Å². The number of anilines is 1. The van der Waals surface area contributed by atoms with E-state index in [9.17, 15) is 18.4 Å². The van der Waals surface area contributed by atoms with Crippen LogP contribution in [0.25, 0.3) is 0 Å². The summed E-state index contributed by atoms with van der Waals surface area (Å²) >= 11 is 0. The van der Waals surface area contributed by atoms with Crippen LogP contribution in [0.1, 0.15) is 30.4 Å². The predicted octanol–water partition coefficient (Wildman–Crippen LogP) is 3.34. The molecule has 1 aliphatic rings. The fourth-order valence-electron chi connectivity index (χ4n) is 2.95. The van der Waals surface area contributed by atoms with Gasteiger partial charge in [0.05, 0.1) is 0 Å². The number of carbonyl (C=O) groups excluding carboxylic acids is 2. The molecular formula is C19H18F2N2O2. The van der Waals surface area contributed by atoms with Crippen LogP contribution in [0.15, 0.2) is 42.5 Å². The zero-order valence-electron chi connectivity index (χ0n) is 13.7. The van der Waals surface area contributed by atoms with Crippen molar-refractivity contribution in [1.29, 1.82) is 0 Å². The molecule has 2 atom stereocenters. The molecule has 1 aliphatic carbocycles. The van der Waals surface area contributed by atoms with E-state index in [1.165, 1.54) is 25.1 Å². The van der Waals surface area contributed by atoms with Gasteiger partial charge in [-0.25, -0.2) is 8.78 Å². The summed E-state index contributed by atoms with van der Waals surface area (Å²) in [6, 6.07) is 10.9. The molecule has 2 aromatic rings. The maximum Gasteiger partial charge on any atom is 0.224 e. The lowest BCUT2D eigenvalue weighted by molar-refractivity contribution is -0.122. The van der Waals surface area contributed by atoms with Crippen LogP contribution in [-0.4, -0.2) is 11.8 Å². The molecule has 4 nitrogen and oxygen atoms in total. The van der Waals surface area contributed by atoms with Crippen LogP contribution in [-0.2, 0) is 16.1 Å². The molecule has 0 bridgehead atoms. The van der Waals surface area contributed by atoms with Crippen molar-refractivity contribution in [3.63, 3.8) is 0 Å². The van der Waals surface area contributed by atoms with Crippen molar-refractivity contribution < 1.29 is 18.4 Å². The quantitative estimate of drug-likeness (QED) is 0.874. The molecule has 130 valence electrons. The number of rotatable bonds is 5. The minimum atomic E-state index is -0.608. The summed E-state index contributed by atoms with van der Waals surface area (Å²) in [5, 5.41) is 5.46. The van der Waals surface area contributed by atoms with E-state index in [0.29, 0.717) is 12.1 Å². The van der Waals surface area contributed by atoms with Crippen molar-refractivity contribution in [3.8, 4) is 0 Å². The Hall–Kier alpha value is -2.76. The third kappa shape index (κ3) is 4.02. The Morgan fingerprint density at radius 1 is 1.12 bits per heavy atom. The average molecular weight is 344 g/mol. The van der Waals surface area contributed by atoms with Crippen molar-refractivity contribution >= 4 is 17.5 Å². The summed E-state index contributed by atoms with van der Waals surface area (Å²) in [7, 11) is 0.